The first kappa shape index (κ1) is 12.1. The van der Waals surface area contributed by atoms with E-state index < -0.39 is 17.8 Å². The molecule has 1 aliphatic rings. The maximum Gasteiger partial charge on any atom is 0.325 e. The molecule has 0 aliphatic carbocycles. The predicted octanol–water partition coefficient (Wildman–Crippen LogP) is 1.44. The van der Waals surface area contributed by atoms with E-state index in [4.69, 9.17) is 20.3 Å². The van der Waals surface area contributed by atoms with Crippen LogP contribution in [0.1, 0.15) is 11.6 Å². The van der Waals surface area contributed by atoms with Crippen LogP contribution in [0.5, 0.6) is 11.5 Å². The molecule has 3 N–H and O–H groups in total. The largest absolute Gasteiger partial charge is 0.486 e. The second-order valence-electron chi connectivity index (χ2n) is 3.43. The van der Waals surface area contributed by atoms with Gasteiger partial charge in [0, 0.05) is 5.56 Å². The van der Waals surface area contributed by atoms with E-state index in [-0.39, 0.29) is 21.5 Å². The van der Waals surface area contributed by atoms with Crippen LogP contribution in [-0.2, 0) is 4.79 Å². The Bertz CT molecular complexity index is 480. The molecule has 0 bridgehead atoms. The Hall–Kier alpha value is -1.34. The number of benzene rings is 1. The van der Waals surface area contributed by atoms with Gasteiger partial charge in [0.15, 0.2) is 11.5 Å². The Morgan fingerprint density at radius 3 is 2.82 bits per heavy atom. The van der Waals surface area contributed by atoms with Gasteiger partial charge >= 0.3 is 5.97 Å². The SMILES string of the molecule is NC(C(=O)O)c1cc2c(c(Br)c1F)OCCO2. The molecule has 0 aromatic heterocycles. The van der Waals surface area contributed by atoms with E-state index in [1.165, 1.54) is 6.07 Å². The standard InChI is InChI=1S/C10H9BrFNO4/c11-6-7(12)4(8(13)10(14)15)3-5-9(6)17-2-1-16-5/h3,8H,1-2,13H2,(H,14,15). The van der Waals surface area contributed by atoms with Gasteiger partial charge in [0.2, 0.25) is 0 Å². The second-order valence-corrected chi connectivity index (χ2v) is 4.23. The Kier molecular flexibility index (Phi) is 3.21. The molecule has 1 heterocycles. The average molecular weight is 306 g/mol. The highest BCUT2D eigenvalue weighted by atomic mass is 79.9. The first-order chi connectivity index (χ1) is 8.02. The van der Waals surface area contributed by atoms with Crippen molar-refractivity contribution in [2.24, 2.45) is 5.73 Å². The summed E-state index contributed by atoms with van der Waals surface area (Å²) in [5.74, 6) is -1.54. The predicted molar refractivity (Wildman–Crippen MR) is 59.7 cm³/mol. The summed E-state index contributed by atoms with van der Waals surface area (Å²) in [7, 11) is 0. The molecular formula is C10H9BrFNO4. The van der Waals surface area contributed by atoms with E-state index in [1.807, 2.05) is 0 Å². The monoisotopic (exact) mass is 305 g/mol. The molecule has 2 rings (SSSR count). The Balaban J connectivity index is 2.55. The van der Waals surface area contributed by atoms with Gasteiger partial charge in [-0.25, -0.2) is 4.39 Å². The van der Waals surface area contributed by atoms with Gasteiger partial charge in [-0.15, -0.1) is 0 Å². The highest BCUT2D eigenvalue weighted by molar-refractivity contribution is 9.10. The molecule has 0 radical (unpaired) electrons. The van der Waals surface area contributed by atoms with Crippen LogP contribution in [-0.4, -0.2) is 24.3 Å². The van der Waals surface area contributed by atoms with Gasteiger partial charge in [-0.2, -0.15) is 0 Å². The number of fused-ring (bicyclic) bond motifs is 1. The number of carbonyl (C=O) groups is 1. The lowest BCUT2D eigenvalue weighted by atomic mass is 10.1. The van der Waals surface area contributed by atoms with E-state index in [0.717, 1.165) is 0 Å². The fraction of sp³-hybridized carbons (Fsp3) is 0.300. The summed E-state index contributed by atoms with van der Waals surface area (Å²) < 4.78 is 24.4. The summed E-state index contributed by atoms with van der Waals surface area (Å²) in [6.45, 7) is 0.641. The first-order valence-electron chi connectivity index (χ1n) is 4.78. The lowest BCUT2D eigenvalue weighted by Gasteiger charge is -2.21. The van der Waals surface area contributed by atoms with E-state index in [1.54, 1.807) is 0 Å². The minimum absolute atomic E-state index is 0.0291. The third kappa shape index (κ3) is 2.07. The molecule has 0 saturated carbocycles. The maximum atomic E-state index is 13.9. The van der Waals surface area contributed by atoms with Gasteiger partial charge in [0.05, 0.1) is 4.47 Å². The molecule has 92 valence electrons. The van der Waals surface area contributed by atoms with Gasteiger partial charge in [-0.3, -0.25) is 4.79 Å². The number of aliphatic carboxylic acids is 1. The molecule has 0 saturated heterocycles. The van der Waals surface area contributed by atoms with Crippen molar-refractivity contribution in [3.63, 3.8) is 0 Å². The zero-order valence-corrected chi connectivity index (χ0v) is 10.2. The van der Waals surface area contributed by atoms with E-state index in [2.05, 4.69) is 15.9 Å². The summed E-state index contributed by atoms with van der Waals surface area (Å²) in [5, 5.41) is 8.78. The Labute approximate surface area is 104 Å². The molecular weight excluding hydrogens is 297 g/mol. The minimum Gasteiger partial charge on any atom is -0.486 e. The second kappa shape index (κ2) is 4.50. The van der Waals surface area contributed by atoms with E-state index in [0.29, 0.717) is 13.2 Å². The van der Waals surface area contributed by atoms with Crippen molar-refractivity contribution >= 4 is 21.9 Å². The number of rotatable bonds is 2. The summed E-state index contributed by atoms with van der Waals surface area (Å²) in [5.41, 5.74) is 5.24. The number of carboxylic acids is 1. The van der Waals surface area contributed by atoms with E-state index >= 15 is 0 Å². The van der Waals surface area contributed by atoms with Gasteiger partial charge in [0.1, 0.15) is 25.1 Å². The molecule has 1 atom stereocenters. The van der Waals surface area contributed by atoms with Crippen molar-refractivity contribution in [2.75, 3.05) is 13.2 Å². The lowest BCUT2D eigenvalue weighted by molar-refractivity contribution is -0.138. The molecule has 17 heavy (non-hydrogen) atoms. The molecule has 0 fully saturated rings. The number of carboxylic acid groups (broad SMARTS) is 1. The molecule has 1 aliphatic heterocycles. The normalized spacial score (nSPS) is 15.5. The third-order valence-corrected chi connectivity index (χ3v) is 3.05. The maximum absolute atomic E-state index is 13.9. The number of hydrogen-bond donors (Lipinski definition) is 2. The van der Waals surface area contributed by atoms with Crippen LogP contribution in [0.2, 0.25) is 0 Å². The number of halogens is 2. The van der Waals surface area contributed by atoms with Crippen LogP contribution >= 0.6 is 15.9 Å². The molecule has 0 spiro atoms. The van der Waals surface area contributed by atoms with Crippen molar-refractivity contribution in [2.45, 2.75) is 6.04 Å². The quantitative estimate of drug-likeness (QED) is 0.864. The zero-order valence-electron chi connectivity index (χ0n) is 8.57. The molecule has 7 heteroatoms. The summed E-state index contributed by atoms with van der Waals surface area (Å²) in [4.78, 5) is 10.8. The lowest BCUT2D eigenvalue weighted by Crippen LogP contribution is -2.23. The highest BCUT2D eigenvalue weighted by Crippen LogP contribution is 2.41. The number of hydrogen-bond acceptors (Lipinski definition) is 4. The average Bonchev–Trinajstić information content (AvgIpc) is 2.33. The molecule has 1 aromatic carbocycles. The summed E-state index contributed by atoms with van der Waals surface area (Å²) in [6.07, 6.45) is 0. The van der Waals surface area contributed by atoms with Crippen LogP contribution in [0.4, 0.5) is 4.39 Å². The van der Waals surface area contributed by atoms with Crippen molar-refractivity contribution in [3.05, 3.63) is 21.9 Å². The van der Waals surface area contributed by atoms with Gasteiger partial charge in [-0.05, 0) is 22.0 Å². The van der Waals surface area contributed by atoms with Crippen LogP contribution < -0.4 is 15.2 Å². The first-order valence-corrected chi connectivity index (χ1v) is 5.57. The molecule has 5 nitrogen and oxygen atoms in total. The van der Waals surface area contributed by atoms with Crippen molar-refractivity contribution in [1.82, 2.24) is 0 Å². The summed E-state index contributed by atoms with van der Waals surface area (Å²) >= 11 is 3.01. The molecule has 0 amide bonds. The topological polar surface area (TPSA) is 81.8 Å². The zero-order chi connectivity index (χ0) is 12.6. The van der Waals surface area contributed by atoms with Crippen LogP contribution in [0, 0.1) is 5.82 Å². The minimum atomic E-state index is -1.44. The number of nitrogens with two attached hydrogens (primary N) is 1. The third-order valence-electron chi connectivity index (χ3n) is 2.34. The molecule has 1 aromatic rings. The number of ether oxygens (including phenoxy) is 2. The van der Waals surface area contributed by atoms with Crippen LogP contribution in [0.3, 0.4) is 0 Å². The Morgan fingerprint density at radius 1 is 1.53 bits per heavy atom. The Morgan fingerprint density at radius 2 is 2.18 bits per heavy atom. The smallest absolute Gasteiger partial charge is 0.325 e. The van der Waals surface area contributed by atoms with Gasteiger partial charge in [0.25, 0.3) is 0 Å². The van der Waals surface area contributed by atoms with Gasteiger partial charge in [-0.1, -0.05) is 0 Å². The van der Waals surface area contributed by atoms with Gasteiger partial charge < -0.3 is 20.3 Å². The highest BCUT2D eigenvalue weighted by Gasteiger charge is 2.27. The summed E-state index contributed by atoms with van der Waals surface area (Å²) in [6, 6.07) is -0.185. The van der Waals surface area contributed by atoms with Crippen molar-refractivity contribution < 1.29 is 23.8 Å². The van der Waals surface area contributed by atoms with Crippen molar-refractivity contribution in [1.29, 1.82) is 0 Å². The van der Waals surface area contributed by atoms with Crippen LogP contribution in [0.15, 0.2) is 10.5 Å². The molecule has 1 unspecified atom stereocenters. The van der Waals surface area contributed by atoms with Crippen molar-refractivity contribution in [3.8, 4) is 11.5 Å². The fourth-order valence-corrected chi connectivity index (χ4v) is 2.04. The fourth-order valence-electron chi connectivity index (χ4n) is 1.50. The van der Waals surface area contributed by atoms with E-state index in [9.17, 15) is 9.18 Å². The van der Waals surface area contributed by atoms with Crippen LogP contribution in [0.25, 0.3) is 0 Å².